The number of benzene rings is 2. The van der Waals surface area contributed by atoms with Crippen molar-refractivity contribution in [2.75, 3.05) is 6.54 Å². The molecule has 0 aliphatic carbocycles. The van der Waals surface area contributed by atoms with E-state index in [1.807, 2.05) is 6.92 Å². The Morgan fingerprint density at radius 2 is 1.79 bits per heavy atom. The topological polar surface area (TPSA) is 63.4 Å². The fraction of sp³-hybridized carbons (Fsp3) is 0.263. The number of likely N-dealkylation sites (tertiary alicyclic amines) is 1. The fourth-order valence-corrected chi connectivity index (χ4v) is 3.26. The van der Waals surface area contributed by atoms with Crippen molar-refractivity contribution < 1.29 is 14.0 Å². The molecule has 5 heteroatoms. The Morgan fingerprint density at radius 3 is 2.46 bits per heavy atom. The van der Waals surface area contributed by atoms with Crippen LogP contribution in [-0.2, 0) is 0 Å². The van der Waals surface area contributed by atoms with Crippen LogP contribution in [-0.4, -0.2) is 29.3 Å². The number of halogens is 1. The van der Waals surface area contributed by atoms with E-state index in [9.17, 15) is 14.0 Å². The number of amides is 2. The summed E-state index contributed by atoms with van der Waals surface area (Å²) < 4.78 is 13.1. The van der Waals surface area contributed by atoms with Crippen LogP contribution in [0.2, 0.25) is 0 Å². The lowest BCUT2D eigenvalue weighted by atomic mass is 9.97. The Balaban J connectivity index is 1.79. The number of hydrogen-bond donors (Lipinski definition) is 1. The molecule has 0 bridgehead atoms. The molecule has 1 aliphatic rings. The molecular weight excluding hydrogens is 307 g/mol. The number of carbonyl (C=O) groups is 2. The average molecular weight is 326 g/mol. The zero-order valence-electron chi connectivity index (χ0n) is 13.4. The third-order valence-corrected chi connectivity index (χ3v) is 4.57. The smallest absolute Gasteiger partial charge is 0.254 e. The van der Waals surface area contributed by atoms with Crippen LogP contribution in [0.4, 0.5) is 4.39 Å². The van der Waals surface area contributed by atoms with Crippen molar-refractivity contribution in [1.29, 1.82) is 0 Å². The molecular formula is C19H19FN2O2. The van der Waals surface area contributed by atoms with Gasteiger partial charge in [0.25, 0.3) is 5.91 Å². The van der Waals surface area contributed by atoms with E-state index in [2.05, 4.69) is 0 Å². The molecule has 1 saturated heterocycles. The van der Waals surface area contributed by atoms with Crippen LogP contribution in [0.3, 0.4) is 0 Å². The van der Waals surface area contributed by atoms with Crippen LogP contribution in [0.5, 0.6) is 0 Å². The molecule has 2 atom stereocenters. The van der Waals surface area contributed by atoms with Crippen LogP contribution in [0.1, 0.15) is 45.5 Å². The molecule has 0 radical (unpaired) electrons. The first-order valence-electron chi connectivity index (χ1n) is 7.92. The first-order valence-corrected chi connectivity index (χ1v) is 7.92. The van der Waals surface area contributed by atoms with Crippen LogP contribution >= 0.6 is 0 Å². The molecule has 0 aromatic heterocycles. The monoisotopic (exact) mass is 326 g/mol. The second-order valence-electron chi connectivity index (χ2n) is 6.24. The van der Waals surface area contributed by atoms with Gasteiger partial charge < -0.3 is 10.6 Å². The largest absolute Gasteiger partial charge is 0.366 e. The molecule has 2 unspecified atom stereocenters. The summed E-state index contributed by atoms with van der Waals surface area (Å²) in [6, 6.07) is 13.0. The summed E-state index contributed by atoms with van der Waals surface area (Å²) in [6.45, 7) is 2.58. The molecule has 2 aromatic rings. The van der Waals surface area contributed by atoms with Crippen molar-refractivity contribution in [3.05, 3.63) is 71.0 Å². The first-order chi connectivity index (χ1) is 11.5. The molecule has 0 saturated carbocycles. The number of rotatable bonds is 3. The summed E-state index contributed by atoms with van der Waals surface area (Å²) in [5.74, 6) is -0.747. The zero-order valence-corrected chi connectivity index (χ0v) is 13.4. The van der Waals surface area contributed by atoms with Gasteiger partial charge in [0.05, 0.1) is 0 Å². The van der Waals surface area contributed by atoms with E-state index in [0.717, 1.165) is 12.0 Å². The molecule has 1 fully saturated rings. The SMILES string of the molecule is CC1CC(c2ccc(F)cc2)CN1C(=O)c1cccc(C(N)=O)c1. The molecule has 124 valence electrons. The van der Waals surface area contributed by atoms with Gasteiger partial charge in [0.15, 0.2) is 0 Å². The highest BCUT2D eigenvalue weighted by atomic mass is 19.1. The fourth-order valence-electron chi connectivity index (χ4n) is 3.26. The number of primary amides is 1. The molecule has 2 amide bonds. The molecule has 4 nitrogen and oxygen atoms in total. The lowest BCUT2D eigenvalue weighted by Crippen LogP contribution is -2.34. The van der Waals surface area contributed by atoms with E-state index in [-0.39, 0.29) is 23.7 Å². The number of nitrogens with two attached hydrogens (primary N) is 1. The normalized spacial score (nSPS) is 20.2. The summed E-state index contributed by atoms with van der Waals surface area (Å²) >= 11 is 0. The Kier molecular flexibility index (Phi) is 4.34. The predicted octanol–water partition coefficient (Wildman–Crippen LogP) is 2.94. The predicted molar refractivity (Wildman–Crippen MR) is 89.2 cm³/mol. The molecule has 0 spiro atoms. The van der Waals surface area contributed by atoms with Gasteiger partial charge in [-0.2, -0.15) is 0 Å². The summed E-state index contributed by atoms with van der Waals surface area (Å²) in [5, 5.41) is 0. The van der Waals surface area contributed by atoms with Crippen LogP contribution in [0, 0.1) is 5.82 Å². The Hall–Kier alpha value is -2.69. The van der Waals surface area contributed by atoms with Gasteiger partial charge in [-0.25, -0.2) is 4.39 Å². The molecule has 24 heavy (non-hydrogen) atoms. The minimum absolute atomic E-state index is 0.0739. The van der Waals surface area contributed by atoms with Gasteiger partial charge in [-0.3, -0.25) is 9.59 Å². The summed E-state index contributed by atoms with van der Waals surface area (Å²) in [5.41, 5.74) is 7.09. The minimum atomic E-state index is -0.552. The van der Waals surface area contributed by atoms with Gasteiger partial charge in [0.1, 0.15) is 5.82 Å². The number of nitrogens with zero attached hydrogens (tertiary/aromatic N) is 1. The van der Waals surface area contributed by atoms with Crippen LogP contribution < -0.4 is 5.73 Å². The van der Waals surface area contributed by atoms with Gasteiger partial charge in [0, 0.05) is 29.6 Å². The average Bonchev–Trinajstić information content (AvgIpc) is 2.96. The second kappa shape index (κ2) is 6.43. The third-order valence-electron chi connectivity index (χ3n) is 4.57. The Morgan fingerprint density at radius 1 is 1.12 bits per heavy atom. The van der Waals surface area contributed by atoms with Crippen molar-refractivity contribution in [3.63, 3.8) is 0 Å². The quantitative estimate of drug-likeness (QED) is 0.942. The first kappa shape index (κ1) is 16.2. The minimum Gasteiger partial charge on any atom is -0.366 e. The van der Waals surface area contributed by atoms with Crippen molar-refractivity contribution >= 4 is 11.8 Å². The van der Waals surface area contributed by atoms with Crippen molar-refractivity contribution in [1.82, 2.24) is 4.90 Å². The lowest BCUT2D eigenvalue weighted by molar-refractivity contribution is 0.0746. The van der Waals surface area contributed by atoms with E-state index in [4.69, 9.17) is 5.73 Å². The second-order valence-corrected chi connectivity index (χ2v) is 6.24. The molecule has 2 N–H and O–H groups in total. The van der Waals surface area contributed by atoms with Gasteiger partial charge in [-0.05, 0) is 49.2 Å². The van der Waals surface area contributed by atoms with Gasteiger partial charge in [-0.1, -0.05) is 18.2 Å². The Labute approximate surface area is 140 Å². The van der Waals surface area contributed by atoms with E-state index < -0.39 is 5.91 Å². The Bertz CT molecular complexity index is 773. The highest BCUT2D eigenvalue weighted by Gasteiger charge is 2.33. The number of hydrogen-bond acceptors (Lipinski definition) is 2. The van der Waals surface area contributed by atoms with Gasteiger partial charge in [-0.15, -0.1) is 0 Å². The summed E-state index contributed by atoms with van der Waals surface area (Å²) in [6.07, 6.45) is 0.826. The van der Waals surface area contributed by atoms with Gasteiger partial charge >= 0.3 is 0 Å². The zero-order chi connectivity index (χ0) is 17.3. The summed E-state index contributed by atoms with van der Waals surface area (Å²) in [4.78, 5) is 25.9. The maximum absolute atomic E-state index is 13.1. The van der Waals surface area contributed by atoms with Crippen LogP contribution in [0.25, 0.3) is 0 Å². The van der Waals surface area contributed by atoms with Crippen molar-refractivity contribution in [2.24, 2.45) is 5.73 Å². The van der Waals surface area contributed by atoms with E-state index >= 15 is 0 Å². The highest BCUT2D eigenvalue weighted by Crippen LogP contribution is 2.32. The standard InChI is InChI=1S/C19H19FN2O2/c1-12-9-16(13-5-7-17(20)8-6-13)11-22(12)19(24)15-4-2-3-14(10-15)18(21)23/h2-8,10,12,16H,9,11H2,1H3,(H2,21,23). The lowest BCUT2D eigenvalue weighted by Gasteiger charge is -2.21. The molecule has 1 aliphatic heterocycles. The van der Waals surface area contributed by atoms with Crippen molar-refractivity contribution in [2.45, 2.75) is 25.3 Å². The maximum Gasteiger partial charge on any atom is 0.254 e. The van der Waals surface area contributed by atoms with Gasteiger partial charge in [0.2, 0.25) is 5.91 Å². The van der Waals surface area contributed by atoms with E-state index in [1.165, 1.54) is 18.2 Å². The molecule has 3 rings (SSSR count). The number of carbonyl (C=O) groups excluding carboxylic acids is 2. The molecule has 1 heterocycles. The van der Waals surface area contributed by atoms with E-state index in [0.29, 0.717) is 17.7 Å². The van der Waals surface area contributed by atoms with Crippen molar-refractivity contribution in [3.8, 4) is 0 Å². The molecule has 2 aromatic carbocycles. The highest BCUT2D eigenvalue weighted by molar-refractivity contribution is 5.99. The van der Waals surface area contributed by atoms with E-state index in [1.54, 1.807) is 35.2 Å². The maximum atomic E-state index is 13.1. The third kappa shape index (κ3) is 3.15. The van der Waals surface area contributed by atoms with Crippen LogP contribution in [0.15, 0.2) is 48.5 Å². The summed E-state index contributed by atoms with van der Waals surface area (Å²) in [7, 11) is 0.